The van der Waals surface area contributed by atoms with E-state index >= 15 is 14.4 Å². The zero-order valence-corrected chi connectivity index (χ0v) is 69.6. The zero-order valence-electron chi connectivity index (χ0n) is 67.3. The van der Waals surface area contributed by atoms with E-state index < -0.39 is 254 Å². The molecule has 18 atom stereocenters. The number of nitrogens with zero attached hydrogens (tertiary/aromatic N) is 2. The summed E-state index contributed by atoms with van der Waals surface area (Å²) in [6.45, 7) is 6.99. The lowest BCUT2D eigenvalue weighted by Crippen LogP contribution is -2.65. The van der Waals surface area contributed by atoms with Gasteiger partial charge in [-0.1, -0.05) is 66.8 Å². The molecule has 15 rings (SSSR count). The van der Waals surface area contributed by atoms with Crippen molar-refractivity contribution in [2.75, 3.05) is 38.7 Å². The first-order valence-corrected chi connectivity index (χ1v) is 40.9. The summed E-state index contributed by atoms with van der Waals surface area (Å²) in [5, 5.41) is 139. The lowest BCUT2D eigenvalue weighted by Gasteiger charge is -2.48. The Hall–Kier alpha value is -10.7. The van der Waals surface area contributed by atoms with Crippen molar-refractivity contribution in [3.8, 4) is 57.1 Å². The fourth-order valence-corrected chi connectivity index (χ4v) is 16.8. The van der Waals surface area contributed by atoms with Crippen LogP contribution < -0.4 is 67.9 Å². The molecular weight excluding hydrogens is 1710 g/mol. The second-order valence-corrected chi connectivity index (χ2v) is 33.3. The highest BCUT2D eigenvalue weighted by molar-refractivity contribution is 6.32. The number of phenolic OH excluding ortho intramolecular Hbond substituents is 3. The first-order chi connectivity index (χ1) is 59.2. The van der Waals surface area contributed by atoms with Crippen LogP contribution in [-0.4, -0.2) is 221 Å². The maximum absolute atomic E-state index is 16.2. The number of anilines is 1. The minimum Gasteiger partial charge on any atom is -0.508 e. The molecule has 8 aliphatic rings. The molecule has 9 heterocycles. The number of fused-ring (bicyclic) bond motifs is 16. The van der Waals surface area contributed by atoms with Gasteiger partial charge in [0.2, 0.25) is 53.4 Å². The third-order valence-electron chi connectivity index (χ3n) is 22.8. The molecule has 3 saturated heterocycles. The van der Waals surface area contributed by atoms with Crippen LogP contribution in [0, 0.1) is 11.8 Å². The summed E-state index contributed by atoms with van der Waals surface area (Å²) >= 11 is 20.5. The fraction of sp³-hybridized carbons (Fsp3) is 0.434. The smallest absolute Gasteiger partial charge is 0.433 e. The summed E-state index contributed by atoms with van der Waals surface area (Å²) in [6, 6.07) is 4.40. The molecule has 42 heteroatoms. The monoisotopic (exact) mass is 1800 g/mol. The number of pyridine rings is 1. The van der Waals surface area contributed by atoms with E-state index in [0.717, 1.165) is 72.8 Å². The van der Waals surface area contributed by atoms with E-state index in [4.69, 9.17) is 69.0 Å². The number of hydrazine groups is 1. The quantitative estimate of drug-likeness (QED) is 0.0501. The van der Waals surface area contributed by atoms with Crippen LogP contribution in [0.3, 0.4) is 0 Å². The van der Waals surface area contributed by atoms with Crippen molar-refractivity contribution >= 4 is 98.7 Å². The number of aliphatic carboxylic acids is 1. The fourth-order valence-electron chi connectivity index (χ4n) is 16.1. The van der Waals surface area contributed by atoms with Crippen LogP contribution in [0.15, 0.2) is 103 Å². The summed E-state index contributed by atoms with van der Waals surface area (Å²) in [4.78, 5) is 122. The minimum absolute atomic E-state index is 0.0517. The first kappa shape index (κ1) is 92.0. The molecule has 1 aromatic heterocycles. The number of carboxylic acid groups (broad SMARTS) is 1. The van der Waals surface area contributed by atoms with Gasteiger partial charge in [0.1, 0.15) is 95.2 Å². The van der Waals surface area contributed by atoms with Crippen LogP contribution in [-0.2, 0) is 58.7 Å². The van der Waals surface area contributed by atoms with Gasteiger partial charge in [-0.2, -0.15) is 13.2 Å². The number of nitrogens with two attached hydrogens (primary N) is 1. The maximum Gasteiger partial charge on any atom is 0.433 e. The highest BCUT2D eigenvalue weighted by atomic mass is 35.5. The number of piperidine rings is 1. The Morgan fingerprint density at radius 3 is 1.99 bits per heavy atom. The Morgan fingerprint density at radius 2 is 1.37 bits per heavy atom. The van der Waals surface area contributed by atoms with E-state index in [-0.39, 0.29) is 69.9 Å². The number of aromatic nitrogens is 1. The molecule has 670 valence electrons. The Morgan fingerprint density at radius 1 is 0.728 bits per heavy atom. The van der Waals surface area contributed by atoms with Crippen LogP contribution in [0.1, 0.15) is 130 Å². The lowest BCUT2D eigenvalue weighted by molar-refractivity contribution is -0.334. The number of aromatic hydroxyl groups is 3. The number of nitrogens with one attached hydrogen (secondary N) is 9. The maximum atomic E-state index is 16.2. The van der Waals surface area contributed by atoms with Crippen LogP contribution in [0.2, 0.25) is 15.1 Å². The molecule has 0 aliphatic carbocycles. The summed E-state index contributed by atoms with van der Waals surface area (Å²) in [5.41, 5.74) is 3.81. The molecule has 36 nitrogen and oxygen atoms in total. The van der Waals surface area contributed by atoms with Gasteiger partial charge in [-0.3, -0.25) is 33.6 Å². The lowest BCUT2D eigenvalue weighted by atomic mass is 9.84. The minimum atomic E-state index is -4.75. The van der Waals surface area contributed by atoms with E-state index in [0.29, 0.717) is 37.7 Å². The van der Waals surface area contributed by atoms with Gasteiger partial charge >= 0.3 is 12.1 Å². The first-order valence-electron chi connectivity index (χ1n) is 39.8. The van der Waals surface area contributed by atoms with Gasteiger partial charge in [-0.15, -0.1) is 0 Å². The molecule has 11 bridgehead atoms. The number of carbonyl (C=O) groups is 8. The second-order valence-electron chi connectivity index (χ2n) is 32.1. The van der Waals surface area contributed by atoms with Crippen LogP contribution in [0.4, 0.5) is 18.9 Å². The molecule has 7 amide bonds. The van der Waals surface area contributed by atoms with E-state index in [9.17, 15) is 88.2 Å². The third kappa shape index (κ3) is 20.2. The number of likely N-dealkylation sites (N-methyl/N-ethyl adjacent to an activating group) is 1. The van der Waals surface area contributed by atoms with Gasteiger partial charge in [-0.05, 0) is 166 Å². The van der Waals surface area contributed by atoms with E-state index in [2.05, 4.69) is 52.9 Å². The number of aliphatic hydroxyl groups is 6. The number of aliphatic hydroxyl groups excluding tert-OH is 6. The molecule has 0 radical (unpaired) electrons. The molecule has 125 heavy (non-hydrogen) atoms. The van der Waals surface area contributed by atoms with Gasteiger partial charge in [0.25, 0.3) is 0 Å². The molecule has 6 aromatic carbocycles. The van der Waals surface area contributed by atoms with Crippen molar-refractivity contribution in [1.82, 2.24) is 52.5 Å². The second kappa shape index (κ2) is 37.8. The zero-order chi connectivity index (χ0) is 90.3. The van der Waals surface area contributed by atoms with Crippen molar-refractivity contribution in [3.05, 3.63) is 152 Å². The molecule has 0 unspecified atom stereocenters. The Bertz CT molecular complexity index is 5310. The number of primary amides is 1. The van der Waals surface area contributed by atoms with E-state index in [1.807, 2.05) is 18.9 Å². The third-order valence-corrected chi connectivity index (χ3v) is 23.6. The number of hydrogen-bond acceptors (Lipinski definition) is 28. The van der Waals surface area contributed by atoms with Crippen molar-refractivity contribution in [2.24, 2.45) is 17.6 Å². The summed E-state index contributed by atoms with van der Waals surface area (Å²) in [6.07, 6.45) is -22.1. The Balaban J connectivity index is 0.913. The van der Waals surface area contributed by atoms with Gasteiger partial charge in [0, 0.05) is 58.2 Å². The number of amides is 7. The number of alkyl halides is 3. The number of hydrogen-bond donors (Lipinski definition) is 20. The van der Waals surface area contributed by atoms with E-state index in [1.54, 1.807) is 26.0 Å². The number of halogens is 6. The topological polar surface area (TPSA) is 545 Å². The average molecular weight is 1810 g/mol. The normalized spacial score (nSPS) is 27.3. The molecule has 7 aromatic rings. The summed E-state index contributed by atoms with van der Waals surface area (Å²) in [7, 11) is 1.46. The molecule has 0 spiro atoms. The number of phenols is 3. The largest absolute Gasteiger partial charge is 0.508 e. The number of ether oxygens (including phenoxy) is 6. The number of carbonyl (C=O) groups excluding carboxylic acids is 7. The van der Waals surface area contributed by atoms with Crippen LogP contribution in [0.25, 0.3) is 22.0 Å². The van der Waals surface area contributed by atoms with Crippen LogP contribution in [0.5, 0.6) is 46.0 Å². The Kier molecular flexibility index (Phi) is 27.8. The van der Waals surface area contributed by atoms with Crippen LogP contribution >= 0.6 is 34.8 Å². The molecule has 0 saturated carbocycles. The highest BCUT2D eigenvalue weighted by Crippen LogP contribution is 2.51. The number of carboxylic acids is 1. The van der Waals surface area contributed by atoms with Crippen molar-refractivity contribution in [3.63, 3.8) is 0 Å². The molecule has 21 N–H and O–H groups in total. The molecule has 3 fully saturated rings. The summed E-state index contributed by atoms with van der Waals surface area (Å²) < 4.78 is 81.7. The number of benzene rings is 6. The standard InChI is InChI=1S/C83H92Cl3F3N12O24/c1-33(2)20-49(91-5)74(112)98-65-67(107)37-7-12-53(45(85)22-37)121-55-24-39-25-56(71(55)125-81-72(70(110)69(109)57(32-102)123-81)124-60-31-82(4,73(111)34(3)120-60)92-17-14-35-15-18-101(19-16-35)100-48-29-58(83(87,88)89)93-47-26-40(84)9-10-42(47)48)122-54-13-8-38(23-46(54)86)68(108)66-79(117)97-64(80(118)119)44-27-41(103)28-52(105)61(44)43-21-36(6-11-51(43)104)62(76(114)99-66)96-77(115)63(39)95-75(113)50(30-59(90)106)94-78(65)116/h6-13,21-29,33-35,49-50,57,60,62-70,72-73,81,91-92,102-105,107-111H,14-20,30-32H2,1-5H3,(H2,90,106)(H,93,100)(H,94,116)(H,95,113)(H,96,115)(H,97,117)(H,98,112)(H,99,114)(H,118,119)/t34-,49+,50-,57+,60-,62+,63+,64-,65+,66-,67+,68+,69+,70-,72+,73+,81-,82-/m0/s1. The van der Waals surface area contributed by atoms with Gasteiger partial charge in [0.05, 0.1) is 52.5 Å². The predicted molar refractivity (Wildman–Crippen MR) is 437 cm³/mol. The highest BCUT2D eigenvalue weighted by Gasteiger charge is 2.53. The van der Waals surface area contributed by atoms with Crippen molar-refractivity contribution in [1.29, 1.82) is 0 Å². The summed E-state index contributed by atoms with van der Waals surface area (Å²) in [5.74, 6) is -16.3. The SMILES string of the molecule is CN[C@H](CC(C)C)C(=O)N[C@H]1C(=O)N[C@@H](CC(N)=O)C(=O)N[C@H]2C(=O)N[C@H]3C(=O)N[C@H](C(=O)N[C@H](C(=O)O)c4cc(O)cc(O)c4-c4cc3ccc4O)[C@H](O)c3ccc(c(Cl)c3)Oc3cc2cc(c3O[C@@H]2O[C@H](CO)[C@@H](O)[C@H](O)[C@H]2O[C@H]2C[C@](C)(NCCC3CCN(Nc4cc(C(F)(F)F)nc5cc(Cl)ccc45)CC3)[C@H](O)[C@H](C)O2)Oc2ccc(cc2Cl)[C@H]1O. The van der Waals surface area contributed by atoms with Crippen molar-refractivity contribution in [2.45, 2.75) is 182 Å². The van der Waals surface area contributed by atoms with Gasteiger partial charge < -0.3 is 133 Å². The van der Waals surface area contributed by atoms with Gasteiger partial charge in [0.15, 0.2) is 29.9 Å². The predicted octanol–water partition coefficient (Wildman–Crippen LogP) is 5.09. The Labute approximate surface area is 725 Å². The molecular formula is C83H92Cl3F3N12O24. The van der Waals surface area contributed by atoms with Crippen molar-refractivity contribution < 1.29 is 131 Å². The molecule has 8 aliphatic heterocycles. The van der Waals surface area contributed by atoms with E-state index in [1.165, 1.54) is 25.2 Å². The average Bonchev–Trinajstić information content (AvgIpc) is 0.765. The number of rotatable bonds is 19. The van der Waals surface area contributed by atoms with Gasteiger partial charge in [-0.25, -0.2) is 14.8 Å².